The van der Waals surface area contributed by atoms with Crippen molar-refractivity contribution in [3.8, 4) is 0 Å². The summed E-state index contributed by atoms with van der Waals surface area (Å²) in [5.41, 5.74) is 7.54. The van der Waals surface area contributed by atoms with Crippen molar-refractivity contribution in [3.63, 3.8) is 0 Å². The molecule has 0 aliphatic rings. The first-order chi connectivity index (χ1) is 4.74. The van der Waals surface area contributed by atoms with Crippen LogP contribution in [0.15, 0.2) is 22.7 Å². The van der Waals surface area contributed by atoms with Crippen molar-refractivity contribution in [2.24, 2.45) is 0 Å². The van der Waals surface area contributed by atoms with E-state index in [0.717, 1.165) is 15.5 Å². The van der Waals surface area contributed by atoms with Gasteiger partial charge < -0.3 is 5.73 Å². The predicted molar refractivity (Wildman–Crippen MR) is 51.2 cm³/mol. The topological polar surface area (TPSA) is 26.0 Å². The summed E-state index contributed by atoms with van der Waals surface area (Å²) in [5, 5.41) is 0.855. The van der Waals surface area contributed by atoms with Crippen molar-refractivity contribution < 1.29 is 0 Å². The van der Waals surface area contributed by atoms with E-state index in [1.54, 1.807) is 0 Å². The Balaban J connectivity index is 3.07. The molecular weight excluding hydrogens is 258 g/mol. The van der Waals surface area contributed by atoms with Gasteiger partial charge in [0.15, 0.2) is 0 Å². The molecule has 0 atom stereocenters. The smallest absolute Gasteiger partial charge is 0.0325 e. The summed E-state index contributed by atoms with van der Waals surface area (Å²) in [6, 6.07) is 5.78. The maximum Gasteiger partial charge on any atom is 0.0325 e. The Morgan fingerprint density at radius 3 is 2.60 bits per heavy atom. The molecule has 54 valence electrons. The van der Waals surface area contributed by atoms with E-state index in [0.29, 0.717) is 0 Å². The first kappa shape index (κ1) is 8.08. The van der Waals surface area contributed by atoms with Crippen LogP contribution in [-0.2, 0) is 5.33 Å². The molecule has 0 unspecified atom stereocenters. The van der Waals surface area contributed by atoms with E-state index < -0.39 is 0 Å². The fourth-order valence-corrected chi connectivity index (χ4v) is 2.07. The normalized spacial score (nSPS) is 9.80. The highest BCUT2D eigenvalue weighted by molar-refractivity contribution is 9.10. The SMILES string of the molecule is Nc1ccc(CBr)c(Br)c1. The number of hydrogen-bond acceptors (Lipinski definition) is 1. The number of rotatable bonds is 1. The zero-order chi connectivity index (χ0) is 7.56. The van der Waals surface area contributed by atoms with Gasteiger partial charge in [0.1, 0.15) is 0 Å². The number of hydrogen-bond donors (Lipinski definition) is 1. The zero-order valence-electron chi connectivity index (χ0n) is 5.27. The van der Waals surface area contributed by atoms with Crippen LogP contribution in [0.2, 0.25) is 0 Å². The fraction of sp³-hybridized carbons (Fsp3) is 0.143. The molecule has 0 saturated carbocycles. The lowest BCUT2D eigenvalue weighted by Crippen LogP contribution is -1.86. The molecule has 1 nitrogen and oxygen atoms in total. The minimum Gasteiger partial charge on any atom is -0.399 e. The third kappa shape index (κ3) is 1.73. The summed E-state index contributed by atoms with van der Waals surface area (Å²) in [7, 11) is 0. The highest BCUT2D eigenvalue weighted by Gasteiger charge is 1.96. The predicted octanol–water partition coefficient (Wildman–Crippen LogP) is 2.93. The lowest BCUT2D eigenvalue weighted by Gasteiger charge is -1.99. The number of alkyl halides is 1. The van der Waals surface area contributed by atoms with Crippen LogP contribution in [0.25, 0.3) is 0 Å². The van der Waals surface area contributed by atoms with Gasteiger partial charge in [-0.15, -0.1) is 0 Å². The van der Waals surface area contributed by atoms with Gasteiger partial charge in [0.05, 0.1) is 0 Å². The Morgan fingerprint density at radius 1 is 1.40 bits per heavy atom. The second-order valence-corrected chi connectivity index (χ2v) is 3.40. The van der Waals surface area contributed by atoms with Gasteiger partial charge in [0.2, 0.25) is 0 Å². The minimum absolute atomic E-state index is 0.788. The summed E-state index contributed by atoms with van der Waals surface area (Å²) >= 11 is 6.76. The number of benzene rings is 1. The van der Waals surface area contributed by atoms with Crippen LogP contribution in [0.1, 0.15) is 5.56 Å². The molecule has 1 rings (SSSR count). The molecule has 0 aliphatic heterocycles. The van der Waals surface area contributed by atoms with Crippen molar-refractivity contribution in [1.29, 1.82) is 0 Å². The van der Waals surface area contributed by atoms with Gasteiger partial charge in [-0.1, -0.05) is 37.9 Å². The lowest BCUT2D eigenvalue weighted by atomic mass is 10.2. The third-order valence-corrected chi connectivity index (χ3v) is 2.56. The van der Waals surface area contributed by atoms with Crippen LogP contribution in [0.3, 0.4) is 0 Å². The standard InChI is InChI=1S/C7H7Br2N/c8-4-5-1-2-6(10)3-7(5)9/h1-3H,4,10H2. The molecule has 0 heterocycles. The van der Waals surface area contributed by atoms with E-state index in [9.17, 15) is 0 Å². The Labute approximate surface area is 76.9 Å². The van der Waals surface area contributed by atoms with Gasteiger partial charge in [-0.05, 0) is 17.7 Å². The van der Waals surface area contributed by atoms with Crippen LogP contribution in [0.4, 0.5) is 5.69 Å². The largest absolute Gasteiger partial charge is 0.399 e. The maximum atomic E-state index is 5.54. The lowest BCUT2D eigenvalue weighted by molar-refractivity contribution is 1.40. The average molecular weight is 265 g/mol. The molecule has 0 aliphatic carbocycles. The molecule has 3 heteroatoms. The van der Waals surface area contributed by atoms with Gasteiger partial charge in [-0.25, -0.2) is 0 Å². The molecule has 2 N–H and O–H groups in total. The number of anilines is 1. The monoisotopic (exact) mass is 263 g/mol. The molecular formula is C7H7Br2N. The van der Waals surface area contributed by atoms with Crippen molar-refractivity contribution in [2.75, 3.05) is 5.73 Å². The van der Waals surface area contributed by atoms with E-state index in [1.165, 1.54) is 5.56 Å². The molecule has 0 bridgehead atoms. The summed E-state index contributed by atoms with van der Waals surface area (Å²) in [6.45, 7) is 0. The first-order valence-corrected chi connectivity index (χ1v) is 4.75. The summed E-state index contributed by atoms with van der Waals surface area (Å²) in [5.74, 6) is 0. The van der Waals surface area contributed by atoms with Crippen molar-refractivity contribution in [2.45, 2.75) is 5.33 Å². The number of halogens is 2. The summed E-state index contributed by atoms with van der Waals surface area (Å²) in [4.78, 5) is 0. The molecule has 0 fully saturated rings. The molecule has 10 heavy (non-hydrogen) atoms. The Kier molecular flexibility index (Phi) is 2.74. The molecule has 0 spiro atoms. The molecule has 0 aromatic heterocycles. The summed E-state index contributed by atoms with van der Waals surface area (Å²) in [6.07, 6.45) is 0. The van der Waals surface area contributed by atoms with Crippen LogP contribution in [0, 0.1) is 0 Å². The van der Waals surface area contributed by atoms with Gasteiger partial charge in [0.25, 0.3) is 0 Å². The molecule has 1 aromatic carbocycles. The van der Waals surface area contributed by atoms with Gasteiger partial charge in [-0.3, -0.25) is 0 Å². The van der Waals surface area contributed by atoms with Crippen molar-refractivity contribution in [3.05, 3.63) is 28.2 Å². The van der Waals surface area contributed by atoms with Crippen LogP contribution in [0.5, 0.6) is 0 Å². The average Bonchev–Trinajstić information content (AvgIpc) is 1.88. The number of nitrogens with two attached hydrogens (primary N) is 1. The minimum atomic E-state index is 0.788. The molecule has 0 radical (unpaired) electrons. The molecule has 1 aromatic rings. The van der Waals surface area contributed by atoms with Gasteiger partial charge in [-0.2, -0.15) is 0 Å². The Bertz CT molecular complexity index is 235. The van der Waals surface area contributed by atoms with Crippen LogP contribution < -0.4 is 5.73 Å². The molecule has 0 saturated heterocycles. The van der Waals surface area contributed by atoms with E-state index in [2.05, 4.69) is 31.9 Å². The maximum absolute atomic E-state index is 5.54. The van der Waals surface area contributed by atoms with Crippen molar-refractivity contribution in [1.82, 2.24) is 0 Å². The third-order valence-electron chi connectivity index (χ3n) is 1.22. The second-order valence-electron chi connectivity index (χ2n) is 1.98. The fourth-order valence-electron chi connectivity index (χ4n) is 0.672. The van der Waals surface area contributed by atoms with Crippen LogP contribution >= 0.6 is 31.9 Å². The quantitative estimate of drug-likeness (QED) is 0.613. The summed E-state index contributed by atoms with van der Waals surface area (Å²) < 4.78 is 1.06. The van der Waals surface area contributed by atoms with E-state index in [-0.39, 0.29) is 0 Å². The second kappa shape index (κ2) is 3.39. The highest BCUT2D eigenvalue weighted by atomic mass is 79.9. The molecule has 0 amide bonds. The first-order valence-electron chi connectivity index (χ1n) is 2.84. The Morgan fingerprint density at radius 2 is 2.10 bits per heavy atom. The zero-order valence-corrected chi connectivity index (χ0v) is 8.44. The van der Waals surface area contributed by atoms with E-state index in [1.807, 2.05) is 18.2 Å². The van der Waals surface area contributed by atoms with E-state index >= 15 is 0 Å². The Hall–Kier alpha value is -0.0200. The van der Waals surface area contributed by atoms with Gasteiger partial charge >= 0.3 is 0 Å². The highest BCUT2D eigenvalue weighted by Crippen LogP contribution is 2.21. The van der Waals surface area contributed by atoms with E-state index in [4.69, 9.17) is 5.73 Å². The van der Waals surface area contributed by atoms with Gasteiger partial charge in [0, 0.05) is 15.5 Å². The number of nitrogen functional groups attached to an aromatic ring is 1. The van der Waals surface area contributed by atoms with Crippen molar-refractivity contribution >= 4 is 37.5 Å². The van der Waals surface area contributed by atoms with Crippen LogP contribution in [-0.4, -0.2) is 0 Å².